The van der Waals surface area contributed by atoms with E-state index in [4.69, 9.17) is 11.6 Å². The number of halogens is 2. The standard InChI is InChI=1S/C19H21ClN4O2S.ClH.H2O/c1-12-8-13(6-7-21-12)19-22-10-18-17(24-19)9-15(23-18)11-27(25,26)16-4-2-14(20)3-5-16;;/h2-5,9-10,12-13,21,23H,6-8,11H2,1H3;1H;1H2. The molecule has 2 unspecified atom stereocenters. The van der Waals surface area contributed by atoms with Crippen LogP contribution in [0.1, 0.15) is 37.2 Å². The van der Waals surface area contributed by atoms with Gasteiger partial charge in [-0.15, -0.1) is 12.4 Å². The molecular formula is C19H24Cl2N4O3S. The van der Waals surface area contributed by atoms with E-state index in [9.17, 15) is 8.42 Å². The minimum atomic E-state index is -3.46. The van der Waals surface area contributed by atoms with Crippen LogP contribution in [0.4, 0.5) is 0 Å². The van der Waals surface area contributed by atoms with Gasteiger partial charge in [0.2, 0.25) is 0 Å². The van der Waals surface area contributed by atoms with Crippen LogP contribution in [0.3, 0.4) is 0 Å². The lowest BCUT2D eigenvalue weighted by atomic mass is 9.92. The van der Waals surface area contributed by atoms with Crippen LogP contribution in [0.5, 0.6) is 0 Å². The van der Waals surface area contributed by atoms with E-state index in [2.05, 4.69) is 27.2 Å². The zero-order valence-electron chi connectivity index (χ0n) is 15.9. The fraction of sp³-hybridized carbons (Fsp3) is 0.368. The second kappa shape index (κ2) is 9.40. The van der Waals surface area contributed by atoms with Crippen molar-refractivity contribution in [2.45, 2.75) is 42.4 Å². The zero-order chi connectivity index (χ0) is 19.0. The molecule has 10 heteroatoms. The number of H-pyrrole nitrogens is 1. The molecule has 4 rings (SSSR count). The highest BCUT2D eigenvalue weighted by molar-refractivity contribution is 7.90. The first-order valence-corrected chi connectivity index (χ1v) is 11.0. The Morgan fingerprint density at radius 2 is 1.97 bits per heavy atom. The van der Waals surface area contributed by atoms with Crippen molar-refractivity contribution in [2.75, 3.05) is 6.54 Å². The third-order valence-corrected chi connectivity index (χ3v) is 6.88. The summed E-state index contributed by atoms with van der Waals surface area (Å²) in [5.74, 6) is 1.05. The van der Waals surface area contributed by atoms with E-state index in [0.29, 0.717) is 22.7 Å². The maximum atomic E-state index is 12.6. The summed E-state index contributed by atoms with van der Waals surface area (Å²) in [7, 11) is -3.46. The number of fused-ring (bicyclic) bond motifs is 1. The Labute approximate surface area is 180 Å². The van der Waals surface area contributed by atoms with Crippen LogP contribution >= 0.6 is 24.0 Å². The van der Waals surface area contributed by atoms with Gasteiger partial charge in [-0.05, 0) is 56.6 Å². The molecule has 29 heavy (non-hydrogen) atoms. The van der Waals surface area contributed by atoms with Crippen LogP contribution in [-0.2, 0) is 15.6 Å². The summed E-state index contributed by atoms with van der Waals surface area (Å²) in [6, 6.07) is 8.47. The molecule has 1 fully saturated rings. The Bertz CT molecular complexity index is 1070. The molecule has 158 valence electrons. The summed E-state index contributed by atoms with van der Waals surface area (Å²) < 4.78 is 25.3. The van der Waals surface area contributed by atoms with Crippen LogP contribution in [-0.4, -0.2) is 41.4 Å². The summed E-state index contributed by atoms with van der Waals surface area (Å²) in [6.45, 7) is 3.13. The van der Waals surface area contributed by atoms with Crippen LogP contribution in [0, 0.1) is 0 Å². The molecule has 1 aliphatic heterocycles. The van der Waals surface area contributed by atoms with Crippen molar-refractivity contribution in [1.29, 1.82) is 0 Å². The largest absolute Gasteiger partial charge is 0.412 e. The molecule has 0 radical (unpaired) electrons. The Balaban J connectivity index is 0.00000150. The van der Waals surface area contributed by atoms with Gasteiger partial charge >= 0.3 is 0 Å². The van der Waals surface area contributed by atoms with E-state index < -0.39 is 9.84 Å². The Hall–Kier alpha value is -1.71. The number of sulfone groups is 1. The molecule has 3 aromatic rings. The SMILES string of the molecule is CC1CC(c2ncc3[nH]c(CS(=O)(=O)c4ccc(Cl)cc4)cc3n2)CCN1.Cl.O. The van der Waals surface area contributed by atoms with Gasteiger partial charge in [-0.25, -0.2) is 18.4 Å². The van der Waals surface area contributed by atoms with Crippen molar-refractivity contribution in [3.05, 3.63) is 53.1 Å². The van der Waals surface area contributed by atoms with Crippen LogP contribution in [0.2, 0.25) is 5.02 Å². The number of piperidine rings is 1. The van der Waals surface area contributed by atoms with E-state index in [1.54, 1.807) is 24.4 Å². The average Bonchev–Trinajstić information content (AvgIpc) is 3.02. The number of hydrogen-bond donors (Lipinski definition) is 2. The molecular weight excluding hydrogens is 435 g/mol. The van der Waals surface area contributed by atoms with E-state index in [0.717, 1.165) is 36.2 Å². The molecule has 0 spiro atoms. The molecule has 1 saturated heterocycles. The van der Waals surface area contributed by atoms with Crippen LogP contribution < -0.4 is 5.32 Å². The smallest absolute Gasteiger partial charge is 0.183 e. The minimum absolute atomic E-state index is 0. The van der Waals surface area contributed by atoms with Crippen molar-refractivity contribution in [2.24, 2.45) is 0 Å². The number of benzene rings is 1. The molecule has 1 aromatic carbocycles. The van der Waals surface area contributed by atoms with Crippen molar-refractivity contribution in [3.8, 4) is 0 Å². The zero-order valence-corrected chi connectivity index (χ0v) is 18.2. The maximum Gasteiger partial charge on any atom is 0.183 e. The van der Waals surface area contributed by atoms with Gasteiger partial charge < -0.3 is 15.8 Å². The van der Waals surface area contributed by atoms with Crippen molar-refractivity contribution in [3.63, 3.8) is 0 Å². The minimum Gasteiger partial charge on any atom is -0.412 e. The van der Waals surface area contributed by atoms with Gasteiger partial charge in [-0.1, -0.05) is 11.6 Å². The average molecular weight is 459 g/mol. The molecule has 2 aromatic heterocycles. The lowest BCUT2D eigenvalue weighted by Crippen LogP contribution is -2.35. The molecule has 7 nitrogen and oxygen atoms in total. The summed E-state index contributed by atoms with van der Waals surface area (Å²) >= 11 is 5.84. The second-order valence-electron chi connectivity index (χ2n) is 7.11. The third-order valence-electron chi connectivity index (χ3n) is 4.95. The second-order valence-corrected chi connectivity index (χ2v) is 9.54. The van der Waals surface area contributed by atoms with Gasteiger partial charge in [0.05, 0.1) is 27.9 Å². The number of aromatic amines is 1. The number of aromatic nitrogens is 3. The third kappa shape index (κ3) is 5.26. The molecule has 4 N–H and O–H groups in total. The molecule has 0 saturated carbocycles. The first-order valence-electron chi connectivity index (χ1n) is 8.97. The molecule has 2 atom stereocenters. The first-order chi connectivity index (χ1) is 12.9. The Kier molecular flexibility index (Phi) is 7.64. The summed E-state index contributed by atoms with van der Waals surface area (Å²) in [5, 5.41) is 3.94. The quantitative estimate of drug-likeness (QED) is 0.622. The first kappa shape index (κ1) is 23.6. The van der Waals surface area contributed by atoms with Crippen LogP contribution in [0.15, 0.2) is 41.4 Å². The molecule has 1 aliphatic rings. The van der Waals surface area contributed by atoms with Crippen molar-refractivity contribution < 1.29 is 13.9 Å². The van der Waals surface area contributed by atoms with Crippen molar-refractivity contribution in [1.82, 2.24) is 20.3 Å². The van der Waals surface area contributed by atoms with Gasteiger partial charge in [-0.2, -0.15) is 0 Å². The monoisotopic (exact) mass is 458 g/mol. The van der Waals surface area contributed by atoms with E-state index in [-0.39, 0.29) is 28.5 Å². The summed E-state index contributed by atoms with van der Waals surface area (Å²) in [4.78, 5) is 12.6. The number of nitrogens with zero attached hydrogens (tertiary/aromatic N) is 2. The van der Waals surface area contributed by atoms with E-state index in [1.165, 1.54) is 12.1 Å². The van der Waals surface area contributed by atoms with Crippen LogP contribution in [0.25, 0.3) is 11.0 Å². The Morgan fingerprint density at radius 1 is 1.24 bits per heavy atom. The number of nitrogens with one attached hydrogen (secondary N) is 2. The fourth-order valence-corrected chi connectivity index (χ4v) is 4.97. The fourth-order valence-electron chi connectivity index (χ4n) is 3.56. The van der Waals surface area contributed by atoms with Gasteiger partial charge in [0.15, 0.2) is 9.84 Å². The predicted molar refractivity (Wildman–Crippen MR) is 117 cm³/mol. The molecule has 0 aliphatic carbocycles. The van der Waals surface area contributed by atoms with E-state index >= 15 is 0 Å². The predicted octanol–water partition coefficient (Wildman–Crippen LogP) is 3.04. The van der Waals surface area contributed by atoms with Gasteiger partial charge in [-0.3, -0.25) is 0 Å². The highest BCUT2D eigenvalue weighted by atomic mass is 35.5. The summed E-state index contributed by atoms with van der Waals surface area (Å²) in [6.07, 6.45) is 3.77. The maximum absolute atomic E-state index is 12.6. The lowest BCUT2D eigenvalue weighted by molar-refractivity contribution is 0.371. The molecule has 0 amide bonds. The normalized spacial score (nSPS) is 19.4. The topological polar surface area (TPSA) is 119 Å². The van der Waals surface area contributed by atoms with E-state index in [1.807, 2.05) is 0 Å². The van der Waals surface area contributed by atoms with Gasteiger partial charge in [0.25, 0.3) is 0 Å². The highest BCUT2D eigenvalue weighted by Gasteiger charge is 2.23. The number of hydrogen-bond acceptors (Lipinski definition) is 5. The highest BCUT2D eigenvalue weighted by Crippen LogP contribution is 2.27. The van der Waals surface area contributed by atoms with Gasteiger partial charge in [0, 0.05) is 22.7 Å². The van der Waals surface area contributed by atoms with Gasteiger partial charge in [0.1, 0.15) is 5.82 Å². The Morgan fingerprint density at radius 3 is 2.66 bits per heavy atom. The summed E-state index contributed by atoms with van der Waals surface area (Å²) in [5.41, 5.74) is 2.11. The molecule has 0 bridgehead atoms. The lowest BCUT2D eigenvalue weighted by Gasteiger charge is -2.26. The van der Waals surface area contributed by atoms with Crippen molar-refractivity contribution >= 4 is 44.9 Å². The molecule has 3 heterocycles. The number of rotatable bonds is 4.